The second kappa shape index (κ2) is 2.93. The molecular formula is C8H16N2O2S. The zero-order chi connectivity index (χ0) is 9.53. The van der Waals surface area contributed by atoms with Gasteiger partial charge in [-0.3, -0.25) is 0 Å². The quantitative estimate of drug-likeness (QED) is 0.642. The van der Waals surface area contributed by atoms with E-state index in [9.17, 15) is 8.42 Å². The van der Waals surface area contributed by atoms with Crippen LogP contribution in [0.15, 0.2) is 0 Å². The Labute approximate surface area is 79.4 Å². The lowest BCUT2D eigenvalue weighted by atomic mass is 9.97. The van der Waals surface area contributed by atoms with Gasteiger partial charge in [-0.1, -0.05) is 0 Å². The highest BCUT2D eigenvalue weighted by atomic mass is 32.2. The van der Waals surface area contributed by atoms with Gasteiger partial charge in [0.05, 0.1) is 6.26 Å². The van der Waals surface area contributed by atoms with Crippen molar-refractivity contribution in [2.75, 3.05) is 25.9 Å². The van der Waals surface area contributed by atoms with Crippen LogP contribution in [0, 0.1) is 0 Å². The SMILES string of the molecule is CS(=O)(=O)N1CCC[C@@]12CCNC2. The first-order valence-corrected chi connectivity index (χ1v) is 6.58. The average molecular weight is 204 g/mol. The van der Waals surface area contributed by atoms with Crippen LogP contribution in [0.2, 0.25) is 0 Å². The zero-order valence-corrected chi connectivity index (χ0v) is 8.73. The van der Waals surface area contributed by atoms with Crippen molar-refractivity contribution in [3.8, 4) is 0 Å². The highest BCUT2D eigenvalue weighted by Crippen LogP contribution is 2.35. The molecule has 0 aromatic heterocycles. The molecule has 2 aliphatic heterocycles. The lowest BCUT2D eigenvalue weighted by Crippen LogP contribution is -2.48. The van der Waals surface area contributed by atoms with Crippen molar-refractivity contribution in [1.29, 1.82) is 0 Å². The summed E-state index contributed by atoms with van der Waals surface area (Å²) in [7, 11) is -3.00. The van der Waals surface area contributed by atoms with Crippen LogP contribution in [0.5, 0.6) is 0 Å². The zero-order valence-electron chi connectivity index (χ0n) is 7.91. The summed E-state index contributed by atoms with van der Waals surface area (Å²) in [5.74, 6) is 0. The molecule has 2 aliphatic rings. The number of sulfonamides is 1. The first-order chi connectivity index (χ1) is 6.05. The second-order valence-electron chi connectivity index (χ2n) is 4.09. The van der Waals surface area contributed by atoms with Gasteiger partial charge in [0.25, 0.3) is 0 Å². The van der Waals surface area contributed by atoms with E-state index in [2.05, 4.69) is 5.32 Å². The van der Waals surface area contributed by atoms with Crippen molar-refractivity contribution in [3.63, 3.8) is 0 Å². The smallest absolute Gasteiger partial charge is 0.211 e. The first-order valence-electron chi connectivity index (χ1n) is 4.73. The van der Waals surface area contributed by atoms with Gasteiger partial charge < -0.3 is 5.32 Å². The van der Waals surface area contributed by atoms with Crippen LogP contribution in [-0.4, -0.2) is 44.2 Å². The Bertz CT molecular complexity index is 288. The molecule has 76 valence electrons. The molecule has 0 saturated carbocycles. The molecule has 0 radical (unpaired) electrons. The molecule has 2 heterocycles. The van der Waals surface area contributed by atoms with E-state index in [4.69, 9.17) is 0 Å². The van der Waals surface area contributed by atoms with Crippen LogP contribution in [0.25, 0.3) is 0 Å². The van der Waals surface area contributed by atoms with Crippen molar-refractivity contribution < 1.29 is 8.42 Å². The fraction of sp³-hybridized carbons (Fsp3) is 1.00. The van der Waals surface area contributed by atoms with Gasteiger partial charge in [0.2, 0.25) is 10.0 Å². The topological polar surface area (TPSA) is 49.4 Å². The van der Waals surface area contributed by atoms with Crippen molar-refractivity contribution in [2.24, 2.45) is 0 Å². The fourth-order valence-corrected chi connectivity index (χ4v) is 4.00. The number of hydrogen-bond donors (Lipinski definition) is 1. The van der Waals surface area contributed by atoms with Crippen LogP contribution < -0.4 is 5.32 Å². The molecule has 2 fully saturated rings. The Hall–Kier alpha value is -0.130. The summed E-state index contributed by atoms with van der Waals surface area (Å²) in [6.07, 6.45) is 4.32. The fourth-order valence-electron chi connectivity index (χ4n) is 2.59. The Morgan fingerprint density at radius 3 is 2.69 bits per heavy atom. The molecule has 5 heteroatoms. The molecule has 1 N–H and O–H groups in total. The van der Waals surface area contributed by atoms with Crippen LogP contribution in [0.1, 0.15) is 19.3 Å². The molecular weight excluding hydrogens is 188 g/mol. The van der Waals surface area contributed by atoms with Crippen molar-refractivity contribution in [3.05, 3.63) is 0 Å². The predicted molar refractivity (Wildman–Crippen MR) is 51.0 cm³/mol. The average Bonchev–Trinajstić information content (AvgIpc) is 2.60. The van der Waals surface area contributed by atoms with E-state index in [0.717, 1.165) is 32.4 Å². The molecule has 2 rings (SSSR count). The van der Waals surface area contributed by atoms with Crippen LogP contribution in [0.3, 0.4) is 0 Å². The number of hydrogen-bond acceptors (Lipinski definition) is 3. The van der Waals surface area contributed by atoms with Gasteiger partial charge in [0, 0.05) is 18.6 Å². The molecule has 2 saturated heterocycles. The van der Waals surface area contributed by atoms with Gasteiger partial charge in [0.1, 0.15) is 0 Å². The maximum Gasteiger partial charge on any atom is 0.211 e. The third kappa shape index (κ3) is 1.49. The normalized spacial score (nSPS) is 36.1. The molecule has 0 unspecified atom stereocenters. The summed E-state index contributed by atoms with van der Waals surface area (Å²) in [6, 6.07) is 0. The minimum atomic E-state index is -3.00. The van der Waals surface area contributed by atoms with E-state index in [1.165, 1.54) is 6.26 Å². The molecule has 4 nitrogen and oxygen atoms in total. The molecule has 0 aliphatic carbocycles. The summed E-state index contributed by atoms with van der Waals surface area (Å²) in [6.45, 7) is 2.49. The van der Waals surface area contributed by atoms with Gasteiger partial charge in [-0.15, -0.1) is 0 Å². The van der Waals surface area contributed by atoms with Gasteiger partial charge in [-0.05, 0) is 25.8 Å². The summed E-state index contributed by atoms with van der Waals surface area (Å²) in [5, 5.41) is 3.25. The largest absolute Gasteiger partial charge is 0.315 e. The van der Waals surface area contributed by atoms with Crippen LogP contribution in [0.4, 0.5) is 0 Å². The van der Waals surface area contributed by atoms with E-state index in [1.807, 2.05) is 0 Å². The molecule has 0 bridgehead atoms. The molecule has 13 heavy (non-hydrogen) atoms. The van der Waals surface area contributed by atoms with E-state index >= 15 is 0 Å². The maximum atomic E-state index is 11.5. The van der Waals surface area contributed by atoms with Gasteiger partial charge >= 0.3 is 0 Å². The third-order valence-corrected chi connectivity index (χ3v) is 4.52. The van der Waals surface area contributed by atoms with E-state index < -0.39 is 10.0 Å². The molecule has 1 spiro atoms. The van der Waals surface area contributed by atoms with Crippen molar-refractivity contribution >= 4 is 10.0 Å². The summed E-state index contributed by atoms with van der Waals surface area (Å²) < 4.78 is 24.7. The lowest BCUT2D eigenvalue weighted by molar-refractivity contribution is 0.266. The minimum Gasteiger partial charge on any atom is -0.315 e. The lowest BCUT2D eigenvalue weighted by Gasteiger charge is -2.32. The van der Waals surface area contributed by atoms with Crippen LogP contribution in [-0.2, 0) is 10.0 Å². The Kier molecular flexibility index (Phi) is 2.13. The standard InChI is InChI=1S/C8H16N2O2S/c1-13(11,12)10-6-2-3-8(10)4-5-9-7-8/h9H,2-7H2,1H3/t8-/m0/s1. The Balaban J connectivity index is 2.28. The van der Waals surface area contributed by atoms with Gasteiger partial charge in [-0.25, -0.2) is 8.42 Å². The molecule has 0 aromatic carbocycles. The summed E-state index contributed by atoms with van der Waals surface area (Å²) >= 11 is 0. The predicted octanol–water partition coefficient (Wildman–Crippen LogP) is -0.226. The number of nitrogens with one attached hydrogen (secondary N) is 1. The van der Waals surface area contributed by atoms with Crippen molar-refractivity contribution in [1.82, 2.24) is 9.62 Å². The van der Waals surface area contributed by atoms with Crippen LogP contribution >= 0.6 is 0 Å². The monoisotopic (exact) mass is 204 g/mol. The van der Waals surface area contributed by atoms with E-state index in [-0.39, 0.29) is 5.54 Å². The highest BCUT2D eigenvalue weighted by Gasteiger charge is 2.47. The third-order valence-electron chi connectivity index (χ3n) is 3.15. The first kappa shape index (κ1) is 9.43. The highest BCUT2D eigenvalue weighted by molar-refractivity contribution is 7.88. The molecule has 0 aromatic rings. The van der Waals surface area contributed by atoms with Gasteiger partial charge in [-0.2, -0.15) is 4.31 Å². The Morgan fingerprint density at radius 2 is 2.15 bits per heavy atom. The summed E-state index contributed by atoms with van der Waals surface area (Å²) in [4.78, 5) is 0. The van der Waals surface area contributed by atoms with E-state index in [1.54, 1.807) is 4.31 Å². The Morgan fingerprint density at radius 1 is 1.38 bits per heavy atom. The van der Waals surface area contributed by atoms with E-state index in [0.29, 0.717) is 6.54 Å². The minimum absolute atomic E-state index is 0.0758. The second-order valence-corrected chi connectivity index (χ2v) is 6.00. The number of rotatable bonds is 1. The molecule has 1 atom stereocenters. The maximum absolute atomic E-state index is 11.5. The molecule has 0 amide bonds. The summed E-state index contributed by atoms with van der Waals surface area (Å²) in [5.41, 5.74) is -0.0758. The van der Waals surface area contributed by atoms with Gasteiger partial charge in [0.15, 0.2) is 0 Å². The number of nitrogens with zero attached hydrogens (tertiary/aromatic N) is 1. The van der Waals surface area contributed by atoms with Crippen molar-refractivity contribution in [2.45, 2.75) is 24.8 Å².